The van der Waals surface area contributed by atoms with Crippen molar-refractivity contribution in [1.82, 2.24) is 10.2 Å². The van der Waals surface area contributed by atoms with E-state index in [0.717, 1.165) is 24.4 Å². The highest BCUT2D eigenvalue weighted by molar-refractivity contribution is 8.00. The fourth-order valence-corrected chi connectivity index (χ4v) is 3.51. The van der Waals surface area contributed by atoms with E-state index in [1.165, 1.54) is 11.8 Å². The van der Waals surface area contributed by atoms with Crippen LogP contribution in [0.15, 0.2) is 29.2 Å². The average molecular weight is 335 g/mol. The first-order chi connectivity index (χ1) is 11.0. The van der Waals surface area contributed by atoms with Gasteiger partial charge >= 0.3 is 0 Å². The molecule has 5 nitrogen and oxygen atoms in total. The third kappa shape index (κ3) is 4.97. The summed E-state index contributed by atoms with van der Waals surface area (Å²) in [6, 6.07) is 7.61. The second-order valence-electron chi connectivity index (χ2n) is 6.15. The maximum atomic E-state index is 12.7. The van der Waals surface area contributed by atoms with E-state index in [-0.39, 0.29) is 17.9 Å². The lowest BCUT2D eigenvalue weighted by atomic mass is 10.1. The Bertz CT molecular complexity index is 563. The Kier molecular flexibility index (Phi) is 6.47. The van der Waals surface area contributed by atoms with E-state index in [4.69, 9.17) is 5.73 Å². The zero-order valence-electron chi connectivity index (χ0n) is 13.7. The molecule has 1 saturated heterocycles. The van der Waals surface area contributed by atoms with Crippen molar-refractivity contribution >= 4 is 23.6 Å². The number of hydrogen-bond donors (Lipinski definition) is 2. The van der Waals surface area contributed by atoms with Crippen molar-refractivity contribution in [2.75, 3.05) is 25.4 Å². The summed E-state index contributed by atoms with van der Waals surface area (Å²) >= 11 is 1.41. The van der Waals surface area contributed by atoms with Crippen LogP contribution in [-0.2, 0) is 4.79 Å². The SMILES string of the molecule is CC(C)NC(=O)CSc1ccccc1C(=O)N1CCC(CN)C1. The van der Waals surface area contributed by atoms with Crippen molar-refractivity contribution < 1.29 is 9.59 Å². The minimum absolute atomic E-state index is 0.0170. The number of nitrogens with zero attached hydrogens (tertiary/aromatic N) is 1. The van der Waals surface area contributed by atoms with E-state index in [1.54, 1.807) is 0 Å². The molecular formula is C17H25N3O2S. The Labute approximate surface area is 142 Å². The molecule has 1 aromatic rings. The molecule has 1 heterocycles. The second kappa shape index (κ2) is 8.36. The van der Waals surface area contributed by atoms with Gasteiger partial charge < -0.3 is 16.0 Å². The molecule has 1 atom stereocenters. The Morgan fingerprint density at radius 3 is 2.78 bits per heavy atom. The molecule has 1 aliphatic heterocycles. The predicted octanol–water partition coefficient (Wildman–Crippen LogP) is 1.72. The highest BCUT2D eigenvalue weighted by Gasteiger charge is 2.27. The number of hydrogen-bond acceptors (Lipinski definition) is 4. The van der Waals surface area contributed by atoms with Gasteiger partial charge in [-0.3, -0.25) is 9.59 Å². The zero-order valence-corrected chi connectivity index (χ0v) is 14.6. The van der Waals surface area contributed by atoms with Crippen molar-refractivity contribution in [3.63, 3.8) is 0 Å². The third-order valence-corrected chi connectivity index (χ3v) is 4.91. The third-order valence-electron chi connectivity index (χ3n) is 3.83. The topological polar surface area (TPSA) is 75.4 Å². The van der Waals surface area contributed by atoms with Crippen LogP contribution in [0.25, 0.3) is 0 Å². The number of benzene rings is 1. The molecule has 23 heavy (non-hydrogen) atoms. The monoisotopic (exact) mass is 335 g/mol. The molecule has 2 amide bonds. The molecule has 126 valence electrons. The van der Waals surface area contributed by atoms with Gasteiger partial charge in [-0.25, -0.2) is 0 Å². The summed E-state index contributed by atoms with van der Waals surface area (Å²) in [7, 11) is 0. The Balaban J connectivity index is 2.02. The van der Waals surface area contributed by atoms with Gasteiger partial charge in [-0.15, -0.1) is 11.8 Å². The summed E-state index contributed by atoms with van der Waals surface area (Å²) in [5.74, 6) is 0.731. The normalized spacial score (nSPS) is 17.6. The lowest BCUT2D eigenvalue weighted by Gasteiger charge is -2.18. The lowest BCUT2D eigenvalue weighted by Crippen LogP contribution is -2.32. The van der Waals surface area contributed by atoms with Crippen LogP contribution in [0.4, 0.5) is 0 Å². The number of likely N-dealkylation sites (tertiary alicyclic amines) is 1. The van der Waals surface area contributed by atoms with Crippen molar-refractivity contribution in [3.8, 4) is 0 Å². The fourth-order valence-electron chi connectivity index (χ4n) is 2.66. The van der Waals surface area contributed by atoms with Crippen molar-refractivity contribution in [2.24, 2.45) is 11.7 Å². The highest BCUT2D eigenvalue weighted by Crippen LogP contribution is 2.26. The fraction of sp³-hybridized carbons (Fsp3) is 0.529. The summed E-state index contributed by atoms with van der Waals surface area (Å²) in [5, 5.41) is 2.86. The summed E-state index contributed by atoms with van der Waals surface area (Å²) in [4.78, 5) is 27.2. The van der Waals surface area contributed by atoms with Crippen LogP contribution < -0.4 is 11.1 Å². The van der Waals surface area contributed by atoms with Gasteiger partial charge in [-0.1, -0.05) is 12.1 Å². The summed E-state index contributed by atoms with van der Waals surface area (Å²) in [5.41, 5.74) is 6.37. The standard InChI is InChI=1S/C17H25N3O2S/c1-12(2)19-16(21)11-23-15-6-4-3-5-14(15)17(22)20-8-7-13(9-18)10-20/h3-6,12-13H,7-11,18H2,1-2H3,(H,19,21). The largest absolute Gasteiger partial charge is 0.353 e. The van der Waals surface area contributed by atoms with Crippen molar-refractivity contribution in [3.05, 3.63) is 29.8 Å². The molecule has 0 aliphatic carbocycles. The number of rotatable bonds is 6. The second-order valence-corrected chi connectivity index (χ2v) is 7.17. The molecule has 0 bridgehead atoms. The summed E-state index contributed by atoms with van der Waals surface area (Å²) in [6.07, 6.45) is 0.967. The van der Waals surface area contributed by atoms with E-state index < -0.39 is 0 Å². The van der Waals surface area contributed by atoms with Crippen molar-refractivity contribution in [1.29, 1.82) is 0 Å². The molecule has 0 spiro atoms. The van der Waals surface area contributed by atoms with Crippen LogP contribution in [-0.4, -0.2) is 48.1 Å². The first-order valence-corrected chi connectivity index (χ1v) is 9.00. The summed E-state index contributed by atoms with van der Waals surface area (Å²) < 4.78 is 0. The predicted molar refractivity (Wildman–Crippen MR) is 93.5 cm³/mol. The zero-order chi connectivity index (χ0) is 16.8. The van der Waals surface area contributed by atoms with Crippen LogP contribution in [0.2, 0.25) is 0 Å². The molecule has 1 aliphatic rings. The van der Waals surface area contributed by atoms with Gasteiger partial charge in [-0.05, 0) is 44.9 Å². The molecule has 1 unspecified atom stereocenters. The first kappa shape index (κ1) is 17.8. The van der Waals surface area contributed by atoms with Crippen LogP contribution in [0.3, 0.4) is 0 Å². The molecule has 0 radical (unpaired) electrons. The van der Waals surface area contributed by atoms with Crippen LogP contribution >= 0.6 is 11.8 Å². The maximum Gasteiger partial charge on any atom is 0.254 e. The molecule has 0 aromatic heterocycles. The number of amides is 2. The minimum Gasteiger partial charge on any atom is -0.353 e. The van der Waals surface area contributed by atoms with Crippen LogP contribution in [0.1, 0.15) is 30.6 Å². The van der Waals surface area contributed by atoms with E-state index in [0.29, 0.717) is 23.8 Å². The smallest absolute Gasteiger partial charge is 0.254 e. The number of carbonyl (C=O) groups is 2. The molecule has 6 heteroatoms. The minimum atomic E-state index is -0.0170. The number of carbonyl (C=O) groups excluding carboxylic acids is 2. The van der Waals surface area contributed by atoms with Gasteiger partial charge in [0.15, 0.2) is 0 Å². The quantitative estimate of drug-likeness (QED) is 0.776. The van der Waals surface area contributed by atoms with E-state index in [9.17, 15) is 9.59 Å². The maximum absolute atomic E-state index is 12.7. The molecule has 1 aromatic carbocycles. The van der Waals surface area contributed by atoms with Gasteiger partial charge in [0.2, 0.25) is 5.91 Å². The number of thioether (sulfide) groups is 1. The van der Waals surface area contributed by atoms with E-state index in [2.05, 4.69) is 5.32 Å². The van der Waals surface area contributed by atoms with Crippen molar-refractivity contribution in [2.45, 2.75) is 31.2 Å². The van der Waals surface area contributed by atoms with Crippen LogP contribution in [0.5, 0.6) is 0 Å². The highest BCUT2D eigenvalue weighted by atomic mass is 32.2. The Hall–Kier alpha value is -1.53. The van der Waals surface area contributed by atoms with Gasteiger partial charge in [0.1, 0.15) is 0 Å². The molecule has 1 fully saturated rings. The molecule has 3 N–H and O–H groups in total. The van der Waals surface area contributed by atoms with E-state index >= 15 is 0 Å². The van der Waals surface area contributed by atoms with Gasteiger partial charge in [0.05, 0.1) is 11.3 Å². The first-order valence-electron chi connectivity index (χ1n) is 8.01. The van der Waals surface area contributed by atoms with Crippen LogP contribution in [0, 0.1) is 5.92 Å². The van der Waals surface area contributed by atoms with Gasteiger partial charge in [-0.2, -0.15) is 0 Å². The van der Waals surface area contributed by atoms with Gasteiger partial charge in [0, 0.05) is 24.0 Å². The Morgan fingerprint density at radius 1 is 1.39 bits per heavy atom. The molecule has 0 saturated carbocycles. The average Bonchev–Trinajstić information content (AvgIpc) is 3.01. The lowest BCUT2D eigenvalue weighted by molar-refractivity contribution is -0.119. The number of nitrogens with two attached hydrogens (primary N) is 1. The summed E-state index contributed by atoms with van der Waals surface area (Å²) in [6.45, 7) is 5.97. The van der Waals surface area contributed by atoms with E-state index in [1.807, 2.05) is 43.0 Å². The molecule has 2 rings (SSSR count). The van der Waals surface area contributed by atoms with Gasteiger partial charge in [0.25, 0.3) is 5.91 Å². The number of nitrogens with one attached hydrogen (secondary N) is 1. The molecular weight excluding hydrogens is 310 g/mol. The Morgan fingerprint density at radius 2 is 2.13 bits per heavy atom.